The molecular formula is C23H34N4O6S. The third kappa shape index (κ3) is 5.54. The zero-order valence-corrected chi connectivity index (χ0v) is 20.6. The zero-order valence-electron chi connectivity index (χ0n) is 19.8. The normalized spacial score (nSPS) is 28.4. The Bertz CT molecular complexity index is 1010. The predicted molar refractivity (Wildman–Crippen MR) is 126 cm³/mol. The highest BCUT2D eigenvalue weighted by Crippen LogP contribution is 2.25. The van der Waals surface area contributed by atoms with Crippen LogP contribution in [0.4, 0.5) is 0 Å². The molecule has 3 aliphatic heterocycles. The second-order valence-corrected chi connectivity index (χ2v) is 11.4. The summed E-state index contributed by atoms with van der Waals surface area (Å²) in [4.78, 5) is 32.0. The molecular weight excluding hydrogens is 460 g/mol. The van der Waals surface area contributed by atoms with Crippen LogP contribution in [0.15, 0.2) is 24.3 Å². The van der Waals surface area contributed by atoms with Gasteiger partial charge in [0.25, 0.3) is 5.91 Å². The van der Waals surface area contributed by atoms with Gasteiger partial charge in [-0.3, -0.25) is 14.5 Å². The lowest BCUT2D eigenvalue weighted by Gasteiger charge is -2.40. The first-order chi connectivity index (χ1) is 16.1. The molecule has 34 heavy (non-hydrogen) atoms. The van der Waals surface area contributed by atoms with Gasteiger partial charge in [-0.1, -0.05) is 6.07 Å². The summed E-state index contributed by atoms with van der Waals surface area (Å²) in [6.07, 6.45) is 2.18. The summed E-state index contributed by atoms with van der Waals surface area (Å²) in [6, 6.07) is 6.32. The Morgan fingerprint density at radius 2 is 1.82 bits per heavy atom. The van der Waals surface area contributed by atoms with E-state index in [1.54, 1.807) is 41.1 Å². The molecule has 2 saturated heterocycles. The van der Waals surface area contributed by atoms with Crippen molar-refractivity contribution in [1.29, 1.82) is 0 Å². The van der Waals surface area contributed by atoms with E-state index in [0.29, 0.717) is 63.3 Å². The minimum atomic E-state index is -3.27. The number of hydrogen-bond donors (Lipinski definition) is 1. The molecule has 11 heteroatoms. The second-order valence-electron chi connectivity index (χ2n) is 9.46. The lowest BCUT2D eigenvalue weighted by Crippen LogP contribution is -2.57. The molecule has 3 atom stereocenters. The number of aliphatic hydroxyl groups excluding tert-OH is 1. The van der Waals surface area contributed by atoms with Gasteiger partial charge in [0.05, 0.1) is 24.4 Å². The third-order valence-electron chi connectivity index (χ3n) is 6.98. The SMILES string of the molecule is CN1CCC[C@H](N2CCN(S(C)(=O)=O)CC2)C(=O)N2C[C@@H](O)C[C@H]2COc2cccc(c2)C1=O. The van der Waals surface area contributed by atoms with Crippen LogP contribution in [0.1, 0.15) is 29.6 Å². The molecule has 3 heterocycles. The number of ether oxygens (including phenoxy) is 1. The van der Waals surface area contributed by atoms with Gasteiger partial charge in [0.1, 0.15) is 12.4 Å². The maximum Gasteiger partial charge on any atom is 0.253 e. The number of hydrogen-bond acceptors (Lipinski definition) is 7. The average molecular weight is 495 g/mol. The summed E-state index contributed by atoms with van der Waals surface area (Å²) in [5.41, 5.74) is 0.546. The topological polar surface area (TPSA) is 111 Å². The molecule has 2 fully saturated rings. The van der Waals surface area contributed by atoms with E-state index in [4.69, 9.17) is 4.74 Å². The smallest absolute Gasteiger partial charge is 0.253 e. The van der Waals surface area contributed by atoms with E-state index in [-0.39, 0.29) is 31.0 Å². The molecule has 4 rings (SSSR count). The number of rotatable bonds is 2. The Morgan fingerprint density at radius 1 is 1.09 bits per heavy atom. The predicted octanol–water partition coefficient (Wildman–Crippen LogP) is -0.161. The van der Waals surface area contributed by atoms with Crippen molar-refractivity contribution >= 4 is 21.8 Å². The number of aliphatic hydroxyl groups is 1. The molecule has 0 saturated carbocycles. The highest BCUT2D eigenvalue weighted by molar-refractivity contribution is 7.88. The van der Waals surface area contributed by atoms with Gasteiger partial charge in [-0.2, -0.15) is 4.31 Å². The Labute approximate surface area is 201 Å². The number of carbonyl (C=O) groups excluding carboxylic acids is 2. The van der Waals surface area contributed by atoms with Crippen molar-refractivity contribution in [3.8, 4) is 5.75 Å². The van der Waals surface area contributed by atoms with Crippen LogP contribution in [0.3, 0.4) is 0 Å². The number of benzene rings is 1. The second kappa shape index (κ2) is 10.2. The zero-order chi connectivity index (χ0) is 24.5. The van der Waals surface area contributed by atoms with Crippen molar-refractivity contribution in [2.45, 2.75) is 37.5 Å². The van der Waals surface area contributed by atoms with Gasteiger partial charge in [0, 0.05) is 51.9 Å². The molecule has 188 valence electrons. The van der Waals surface area contributed by atoms with E-state index in [9.17, 15) is 23.1 Å². The maximum absolute atomic E-state index is 13.7. The van der Waals surface area contributed by atoms with Crippen molar-refractivity contribution in [2.75, 3.05) is 59.2 Å². The summed E-state index contributed by atoms with van der Waals surface area (Å²) in [6.45, 7) is 2.56. The molecule has 3 aliphatic rings. The summed E-state index contributed by atoms with van der Waals surface area (Å²) in [7, 11) is -1.53. The number of fused-ring (bicyclic) bond motifs is 3. The molecule has 0 aliphatic carbocycles. The van der Waals surface area contributed by atoms with Crippen LogP contribution in [0, 0.1) is 0 Å². The van der Waals surface area contributed by atoms with Gasteiger partial charge < -0.3 is 19.6 Å². The number of nitrogens with zero attached hydrogens (tertiary/aromatic N) is 4. The number of sulfonamides is 1. The lowest BCUT2D eigenvalue weighted by atomic mass is 10.1. The Morgan fingerprint density at radius 3 is 2.53 bits per heavy atom. The van der Waals surface area contributed by atoms with E-state index in [0.717, 1.165) is 0 Å². The fourth-order valence-corrected chi connectivity index (χ4v) is 5.90. The molecule has 0 unspecified atom stereocenters. The van der Waals surface area contributed by atoms with Gasteiger partial charge in [0.15, 0.2) is 0 Å². The monoisotopic (exact) mass is 494 g/mol. The quantitative estimate of drug-likeness (QED) is 0.608. The standard InChI is InChI=1S/C23H34N4O6S/c1-24-8-4-7-21(25-9-11-26(12-10-25)34(2,31)32)23(30)27-15-19(28)14-18(27)16-33-20-6-3-5-17(13-20)22(24)29/h3,5-6,13,18-19,21,28H,4,7-12,14-16H2,1-2H3/t18-,19-,21-/m0/s1. The van der Waals surface area contributed by atoms with Crippen LogP contribution in [-0.2, 0) is 14.8 Å². The average Bonchev–Trinajstić information content (AvgIpc) is 3.19. The summed E-state index contributed by atoms with van der Waals surface area (Å²) in [5, 5.41) is 10.3. The van der Waals surface area contributed by atoms with Crippen molar-refractivity contribution in [1.82, 2.24) is 19.0 Å². The summed E-state index contributed by atoms with van der Waals surface area (Å²) in [5.74, 6) is 0.376. The largest absolute Gasteiger partial charge is 0.491 e. The Kier molecular flexibility index (Phi) is 7.46. The first-order valence-electron chi connectivity index (χ1n) is 11.8. The van der Waals surface area contributed by atoms with Crippen LogP contribution in [0.2, 0.25) is 0 Å². The Hall–Kier alpha value is -2.21. The number of piperazine rings is 1. The maximum atomic E-state index is 13.7. The third-order valence-corrected chi connectivity index (χ3v) is 8.29. The van der Waals surface area contributed by atoms with Crippen molar-refractivity contribution in [3.05, 3.63) is 29.8 Å². The fourth-order valence-electron chi connectivity index (χ4n) is 5.08. The molecule has 0 spiro atoms. The minimum Gasteiger partial charge on any atom is -0.491 e. The number of carbonyl (C=O) groups is 2. The van der Waals surface area contributed by atoms with Gasteiger partial charge in [-0.05, 0) is 37.5 Å². The molecule has 0 radical (unpaired) electrons. The first-order valence-corrected chi connectivity index (χ1v) is 13.6. The van der Waals surface area contributed by atoms with E-state index < -0.39 is 22.2 Å². The summed E-state index contributed by atoms with van der Waals surface area (Å²) < 4.78 is 31.2. The fraction of sp³-hybridized carbons (Fsp3) is 0.652. The molecule has 1 N–H and O–H groups in total. The molecule has 2 amide bonds. The van der Waals surface area contributed by atoms with Crippen LogP contribution < -0.4 is 4.74 Å². The number of amides is 2. The molecule has 0 aromatic heterocycles. The van der Waals surface area contributed by atoms with Gasteiger partial charge in [-0.15, -0.1) is 0 Å². The summed E-state index contributed by atoms with van der Waals surface area (Å²) >= 11 is 0. The van der Waals surface area contributed by atoms with Crippen molar-refractivity contribution in [3.63, 3.8) is 0 Å². The van der Waals surface area contributed by atoms with Crippen molar-refractivity contribution < 1.29 is 27.9 Å². The molecule has 2 bridgehead atoms. The van der Waals surface area contributed by atoms with Gasteiger partial charge >= 0.3 is 0 Å². The highest BCUT2D eigenvalue weighted by Gasteiger charge is 2.40. The molecule has 1 aromatic carbocycles. The molecule has 1 aromatic rings. The van der Waals surface area contributed by atoms with E-state index in [2.05, 4.69) is 0 Å². The van der Waals surface area contributed by atoms with E-state index >= 15 is 0 Å². The first kappa shape index (κ1) is 24.9. The minimum absolute atomic E-state index is 0.0715. The highest BCUT2D eigenvalue weighted by atomic mass is 32.2. The van der Waals surface area contributed by atoms with E-state index in [1.807, 2.05) is 4.90 Å². The van der Waals surface area contributed by atoms with Crippen LogP contribution in [0.5, 0.6) is 5.75 Å². The van der Waals surface area contributed by atoms with Gasteiger partial charge in [0.2, 0.25) is 15.9 Å². The van der Waals surface area contributed by atoms with Crippen LogP contribution in [-0.4, -0.2) is 122 Å². The van der Waals surface area contributed by atoms with Crippen molar-refractivity contribution in [2.24, 2.45) is 0 Å². The van der Waals surface area contributed by atoms with Crippen LogP contribution in [0.25, 0.3) is 0 Å². The molecule has 10 nitrogen and oxygen atoms in total. The van der Waals surface area contributed by atoms with Gasteiger partial charge in [-0.25, -0.2) is 8.42 Å². The van der Waals surface area contributed by atoms with E-state index in [1.165, 1.54) is 10.6 Å². The van der Waals surface area contributed by atoms with Crippen LogP contribution >= 0.6 is 0 Å². The lowest BCUT2D eigenvalue weighted by molar-refractivity contribution is -0.139. The Balaban J connectivity index is 1.57.